The Balaban J connectivity index is 2.29. The fourth-order valence-corrected chi connectivity index (χ4v) is 1.83. The number of esters is 1. The normalized spacial score (nSPS) is 10.1. The van der Waals surface area contributed by atoms with E-state index in [1.165, 1.54) is 0 Å². The zero-order valence-electron chi connectivity index (χ0n) is 8.92. The first kappa shape index (κ1) is 13.5. The van der Waals surface area contributed by atoms with Gasteiger partial charge in [0.1, 0.15) is 5.75 Å². The minimum absolute atomic E-state index is 0.197. The van der Waals surface area contributed by atoms with E-state index < -0.39 is 0 Å². The standard InChI is InChI=1S/C12H14BrClO2/c13-8-3-1-2-7-12(15)16-11-6-4-5-10(14)9-11/h4-6,9H,1-3,7-8H2. The number of unbranched alkanes of at least 4 members (excludes halogenated alkanes) is 2. The summed E-state index contributed by atoms with van der Waals surface area (Å²) >= 11 is 9.12. The number of benzene rings is 1. The van der Waals surface area contributed by atoms with E-state index in [1.807, 2.05) is 0 Å². The maximum Gasteiger partial charge on any atom is 0.311 e. The van der Waals surface area contributed by atoms with Gasteiger partial charge in [-0.25, -0.2) is 0 Å². The number of carbonyl (C=O) groups excluding carboxylic acids is 1. The van der Waals surface area contributed by atoms with Crippen LogP contribution >= 0.6 is 27.5 Å². The van der Waals surface area contributed by atoms with Gasteiger partial charge in [-0.15, -0.1) is 0 Å². The molecule has 1 aromatic carbocycles. The van der Waals surface area contributed by atoms with Crippen molar-refractivity contribution < 1.29 is 9.53 Å². The molecule has 0 atom stereocenters. The lowest BCUT2D eigenvalue weighted by molar-refractivity contribution is -0.134. The smallest absolute Gasteiger partial charge is 0.311 e. The van der Waals surface area contributed by atoms with Gasteiger partial charge in [-0.1, -0.05) is 40.0 Å². The summed E-state index contributed by atoms with van der Waals surface area (Å²) in [4.78, 5) is 11.4. The van der Waals surface area contributed by atoms with Crippen LogP contribution in [0.5, 0.6) is 5.75 Å². The molecule has 0 fully saturated rings. The molecule has 0 aliphatic carbocycles. The van der Waals surface area contributed by atoms with E-state index in [0.29, 0.717) is 17.2 Å². The number of rotatable bonds is 6. The Morgan fingerprint density at radius 3 is 2.81 bits per heavy atom. The van der Waals surface area contributed by atoms with E-state index in [9.17, 15) is 4.79 Å². The third-order valence-corrected chi connectivity index (χ3v) is 2.84. The Morgan fingerprint density at radius 1 is 1.31 bits per heavy atom. The number of halogens is 2. The van der Waals surface area contributed by atoms with E-state index in [-0.39, 0.29) is 5.97 Å². The van der Waals surface area contributed by atoms with Crippen LogP contribution in [0.15, 0.2) is 24.3 Å². The Morgan fingerprint density at radius 2 is 2.12 bits per heavy atom. The van der Waals surface area contributed by atoms with Crippen LogP contribution < -0.4 is 4.74 Å². The molecule has 1 aromatic rings. The molecule has 0 saturated carbocycles. The molecule has 88 valence electrons. The number of alkyl halides is 1. The van der Waals surface area contributed by atoms with Gasteiger partial charge in [0.25, 0.3) is 0 Å². The first-order chi connectivity index (χ1) is 7.72. The third kappa shape index (κ3) is 5.52. The topological polar surface area (TPSA) is 26.3 Å². The lowest BCUT2D eigenvalue weighted by Gasteiger charge is -2.04. The summed E-state index contributed by atoms with van der Waals surface area (Å²) in [6.07, 6.45) is 3.45. The Bertz CT molecular complexity index is 342. The minimum Gasteiger partial charge on any atom is -0.426 e. The highest BCUT2D eigenvalue weighted by atomic mass is 79.9. The molecule has 0 aromatic heterocycles. The third-order valence-electron chi connectivity index (χ3n) is 2.04. The summed E-state index contributed by atoms with van der Waals surface area (Å²) in [5.41, 5.74) is 0. The lowest BCUT2D eigenvalue weighted by Crippen LogP contribution is -2.07. The molecule has 0 aliphatic heterocycles. The van der Waals surface area contributed by atoms with Crippen molar-refractivity contribution in [1.82, 2.24) is 0 Å². The average molecular weight is 306 g/mol. The van der Waals surface area contributed by atoms with Crippen LogP contribution in [0.2, 0.25) is 5.02 Å². The monoisotopic (exact) mass is 304 g/mol. The minimum atomic E-state index is -0.197. The summed E-state index contributed by atoms with van der Waals surface area (Å²) in [6, 6.07) is 6.87. The molecule has 0 heterocycles. The van der Waals surface area contributed by atoms with Gasteiger partial charge in [-0.3, -0.25) is 4.79 Å². The highest BCUT2D eigenvalue weighted by molar-refractivity contribution is 9.09. The second kappa shape index (κ2) is 7.69. The van der Waals surface area contributed by atoms with Gasteiger partial charge < -0.3 is 4.74 Å². The van der Waals surface area contributed by atoms with E-state index >= 15 is 0 Å². The van der Waals surface area contributed by atoms with Gasteiger partial charge in [-0.2, -0.15) is 0 Å². The molecule has 0 unspecified atom stereocenters. The van der Waals surface area contributed by atoms with Crippen LogP contribution in [0.4, 0.5) is 0 Å². The molecule has 4 heteroatoms. The van der Waals surface area contributed by atoms with Gasteiger partial charge in [0, 0.05) is 16.8 Å². The fraction of sp³-hybridized carbons (Fsp3) is 0.417. The molecule has 0 saturated heterocycles. The van der Waals surface area contributed by atoms with Crippen LogP contribution in [0.3, 0.4) is 0 Å². The highest BCUT2D eigenvalue weighted by Crippen LogP contribution is 2.17. The molecule has 0 aliphatic rings. The highest BCUT2D eigenvalue weighted by Gasteiger charge is 2.04. The van der Waals surface area contributed by atoms with Gasteiger partial charge in [-0.05, 0) is 31.0 Å². The maximum atomic E-state index is 11.4. The molecule has 16 heavy (non-hydrogen) atoms. The van der Waals surface area contributed by atoms with E-state index in [2.05, 4.69) is 15.9 Å². The molecular formula is C12H14BrClO2. The van der Waals surface area contributed by atoms with Gasteiger partial charge in [0.05, 0.1) is 0 Å². The zero-order valence-corrected chi connectivity index (χ0v) is 11.3. The van der Waals surface area contributed by atoms with Crippen LogP contribution in [0.25, 0.3) is 0 Å². The van der Waals surface area contributed by atoms with Crippen molar-refractivity contribution in [3.8, 4) is 5.75 Å². The first-order valence-electron chi connectivity index (χ1n) is 5.24. The number of hydrogen-bond donors (Lipinski definition) is 0. The summed E-state index contributed by atoms with van der Waals surface area (Å²) < 4.78 is 5.14. The molecule has 1 rings (SSSR count). The van der Waals surface area contributed by atoms with Crippen LogP contribution in [-0.2, 0) is 4.79 Å². The summed E-state index contributed by atoms with van der Waals surface area (Å²) in [7, 11) is 0. The molecule has 0 amide bonds. The Hall–Kier alpha value is -0.540. The van der Waals surface area contributed by atoms with Gasteiger partial charge in [0.15, 0.2) is 0 Å². The van der Waals surface area contributed by atoms with Crippen molar-refractivity contribution in [3.05, 3.63) is 29.3 Å². The van der Waals surface area contributed by atoms with Crippen molar-refractivity contribution in [2.45, 2.75) is 25.7 Å². The predicted molar refractivity (Wildman–Crippen MR) is 69.3 cm³/mol. The number of hydrogen-bond acceptors (Lipinski definition) is 2. The summed E-state index contributed by atoms with van der Waals surface area (Å²) in [6.45, 7) is 0. The molecule has 0 bridgehead atoms. The van der Waals surface area contributed by atoms with Gasteiger partial charge in [0.2, 0.25) is 0 Å². The van der Waals surface area contributed by atoms with Crippen molar-refractivity contribution in [1.29, 1.82) is 0 Å². The first-order valence-corrected chi connectivity index (χ1v) is 6.74. The summed E-state index contributed by atoms with van der Waals surface area (Å²) in [5, 5.41) is 1.56. The van der Waals surface area contributed by atoms with Gasteiger partial charge >= 0.3 is 5.97 Å². The Labute approximate surface area is 109 Å². The predicted octanol–water partition coefficient (Wildman–Crippen LogP) is 4.20. The number of carbonyl (C=O) groups is 1. The van der Waals surface area contributed by atoms with Crippen LogP contribution in [0, 0.1) is 0 Å². The lowest BCUT2D eigenvalue weighted by atomic mass is 10.2. The van der Waals surface area contributed by atoms with E-state index in [0.717, 1.165) is 24.6 Å². The molecular weight excluding hydrogens is 291 g/mol. The number of ether oxygens (including phenoxy) is 1. The molecule has 0 N–H and O–H groups in total. The molecule has 0 radical (unpaired) electrons. The SMILES string of the molecule is O=C(CCCCCBr)Oc1cccc(Cl)c1. The van der Waals surface area contributed by atoms with Crippen molar-refractivity contribution in [3.63, 3.8) is 0 Å². The van der Waals surface area contributed by atoms with Crippen LogP contribution in [0.1, 0.15) is 25.7 Å². The fourth-order valence-electron chi connectivity index (χ4n) is 1.25. The molecule has 2 nitrogen and oxygen atoms in total. The quantitative estimate of drug-likeness (QED) is 0.341. The second-order valence-electron chi connectivity index (χ2n) is 3.43. The van der Waals surface area contributed by atoms with Crippen LogP contribution in [-0.4, -0.2) is 11.3 Å². The average Bonchev–Trinajstić information content (AvgIpc) is 2.24. The van der Waals surface area contributed by atoms with Crippen molar-refractivity contribution in [2.75, 3.05) is 5.33 Å². The largest absolute Gasteiger partial charge is 0.426 e. The second-order valence-corrected chi connectivity index (χ2v) is 4.66. The van der Waals surface area contributed by atoms with E-state index in [4.69, 9.17) is 16.3 Å². The summed E-state index contributed by atoms with van der Waals surface area (Å²) in [5.74, 6) is 0.315. The molecule has 0 spiro atoms. The maximum absolute atomic E-state index is 11.4. The van der Waals surface area contributed by atoms with E-state index in [1.54, 1.807) is 24.3 Å². The van der Waals surface area contributed by atoms with Crippen molar-refractivity contribution >= 4 is 33.5 Å². The Kier molecular flexibility index (Phi) is 6.50. The zero-order chi connectivity index (χ0) is 11.8. The van der Waals surface area contributed by atoms with Crippen molar-refractivity contribution in [2.24, 2.45) is 0 Å².